The molecule has 34 heavy (non-hydrogen) atoms. The van der Waals surface area contributed by atoms with Crippen molar-refractivity contribution in [1.29, 1.82) is 0 Å². The first-order valence-electron chi connectivity index (χ1n) is 11.5. The minimum atomic E-state index is 0.0600. The quantitative estimate of drug-likeness (QED) is 0.426. The van der Waals surface area contributed by atoms with Crippen LogP contribution in [0.15, 0.2) is 67.0 Å². The second-order valence-electron chi connectivity index (χ2n) is 8.32. The van der Waals surface area contributed by atoms with Gasteiger partial charge < -0.3 is 15.3 Å². The third-order valence-corrected chi connectivity index (χ3v) is 7.29. The second kappa shape index (κ2) is 10.3. The summed E-state index contributed by atoms with van der Waals surface area (Å²) in [5.41, 5.74) is 3.86. The highest BCUT2D eigenvalue weighted by molar-refractivity contribution is 7.22. The maximum absolute atomic E-state index is 12.9. The summed E-state index contributed by atoms with van der Waals surface area (Å²) >= 11 is 1.65. The van der Waals surface area contributed by atoms with Crippen molar-refractivity contribution >= 4 is 33.3 Å². The van der Waals surface area contributed by atoms with Crippen LogP contribution in [0.4, 0.5) is 5.82 Å². The van der Waals surface area contributed by atoms with Crippen molar-refractivity contribution in [2.45, 2.75) is 6.54 Å². The van der Waals surface area contributed by atoms with E-state index >= 15 is 0 Å². The average molecular weight is 474 g/mol. The Kier molecular flexibility index (Phi) is 6.80. The van der Waals surface area contributed by atoms with Crippen LogP contribution in [0, 0.1) is 0 Å². The SMILES string of the molecule is O=C(c1ccc(-c2cc3ncnc(NCc4ccccc4)c3s2)cc1)N1CCN(CCO)CC1. The zero-order chi connectivity index (χ0) is 23.3. The third-order valence-electron chi connectivity index (χ3n) is 6.11. The maximum atomic E-state index is 12.9. The molecule has 2 aromatic heterocycles. The number of amides is 1. The molecule has 1 amide bonds. The lowest BCUT2D eigenvalue weighted by atomic mass is 10.1. The number of piperazine rings is 1. The van der Waals surface area contributed by atoms with E-state index in [0.717, 1.165) is 39.6 Å². The second-order valence-corrected chi connectivity index (χ2v) is 9.37. The van der Waals surface area contributed by atoms with Gasteiger partial charge in [0.1, 0.15) is 12.1 Å². The fraction of sp³-hybridized carbons (Fsp3) is 0.269. The number of carbonyl (C=O) groups is 1. The molecule has 1 fully saturated rings. The van der Waals surface area contributed by atoms with Gasteiger partial charge in [0.2, 0.25) is 0 Å². The molecule has 1 aliphatic rings. The summed E-state index contributed by atoms with van der Waals surface area (Å²) in [4.78, 5) is 27.0. The molecule has 8 heteroatoms. The Labute approximate surface area is 202 Å². The number of hydrogen-bond donors (Lipinski definition) is 2. The summed E-state index contributed by atoms with van der Waals surface area (Å²) in [6.45, 7) is 4.50. The zero-order valence-electron chi connectivity index (χ0n) is 18.9. The minimum absolute atomic E-state index is 0.0600. The molecule has 0 spiro atoms. The number of hydrogen-bond acceptors (Lipinski definition) is 7. The number of rotatable bonds is 7. The van der Waals surface area contributed by atoms with Crippen LogP contribution in [0.2, 0.25) is 0 Å². The van der Waals surface area contributed by atoms with Gasteiger partial charge in [-0.15, -0.1) is 11.3 Å². The predicted molar refractivity (Wildman–Crippen MR) is 136 cm³/mol. The normalized spacial score (nSPS) is 14.4. The Bertz CT molecular complexity index is 1250. The number of aromatic nitrogens is 2. The highest BCUT2D eigenvalue weighted by Crippen LogP contribution is 2.35. The Hall–Kier alpha value is -3.33. The molecule has 174 valence electrons. The molecular weight excluding hydrogens is 446 g/mol. The first-order chi connectivity index (χ1) is 16.7. The Balaban J connectivity index is 1.29. The lowest BCUT2D eigenvalue weighted by Gasteiger charge is -2.34. The van der Waals surface area contributed by atoms with Crippen LogP contribution in [0.5, 0.6) is 0 Å². The molecule has 4 aromatic rings. The number of thiophene rings is 1. The van der Waals surface area contributed by atoms with Gasteiger partial charge in [0.15, 0.2) is 0 Å². The number of nitrogens with one attached hydrogen (secondary N) is 1. The van der Waals surface area contributed by atoms with E-state index in [1.54, 1.807) is 17.7 Å². The van der Waals surface area contributed by atoms with Crippen molar-refractivity contribution in [3.63, 3.8) is 0 Å². The van der Waals surface area contributed by atoms with Gasteiger partial charge in [0.05, 0.1) is 16.8 Å². The van der Waals surface area contributed by atoms with Gasteiger partial charge in [-0.25, -0.2) is 9.97 Å². The van der Waals surface area contributed by atoms with Gasteiger partial charge in [-0.3, -0.25) is 9.69 Å². The van der Waals surface area contributed by atoms with Gasteiger partial charge >= 0.3 is 0 Å². The van der Waals surface area contributed by atoms with Crippen LogP contribution in [0.3, 0.4) is 0 Å². The number of benzene rings is 2. The summed E-state index contributed by atoms with van der Waals surface area (Å²) in [6.07, 6.45) is 1.59. The van der Waals surface area contributed by atoms with E-state index < -0.39 is 0 Å². The van der Waals surface area contributed by atoms with E-state index in [2.05, 4.69) is 38.4 Å². The zero-order valence-corrected chi connectivity index (χ0v) is 19.7. The van der Waals surface area contributed by atoms with Gasteiger partial charge in [-0.2, -0.15) is 0 Å². The fourth-order valence-corrected chi connectivity index (χ4v) is 5.26. The number of aliphatic hydroxyl groups excluding tert-OH is 1. The van der Waals surface area contributed by atoms with Crippen LogP contribution in [-0.2, 0) is 6.54 Å². The summed E-state index contributed by atoms with van der Waals surface area (Å²) in [5.74, 6) is 0.891. The maximum Gasteiger partial charge on any atom is 0.253 e. The lowest BCUT2D eigenvalue weighted by molar-refractivity contribution is 0.0615. The summed E-state index contributed by atoms with van der Waals surface area (Å²) in [6, 6.07) is 20.1. The van der Waals surface area contributed by atoms with Gasteiger partial charge in [0.25, 0.3) is 5.91 Å². The monoisotopic (exact) mass is 473 g/mol. The van der Waals surface area contributed by atoms with Crippen LogP contribution >= 0.6 is 11.3 Å². The van der Waals surface area contributed by atoms with Gasteiger partial charge in [-0.1, -0.05) is 42.5 Å². The van der Waals surface area contributed by atoms with Crippen molar-refractivity contribution in [3.8, 4) is 10.4 Å². The van der Waals surface area contributed by atoms with Crippen molar-refractivity contribution in [2.75, 3.05) is 44.6 Å². The smallest absolute Gasteiger partial charge is 0.253 e. The van der Waals surface area contributed by atoms with Crippen molar-refractivity contribution in [3.05, 3.63) is 78.1 Å². The van der Waals surface area contributed by atoms with Crippen molar-refractivity contribution in [2.24, 2.45) is 0 Å². The molecule has 2 aromatic carbocycles. The molecule has 0 atom stereocenters. The summed E-state index contributed by atoms with van der Waals surface area (Å²) in [5, 5.41) is 12.5. The van der Waals surface area contributed by atoms with Crippen LogP contribution in [0.1, 0.15) is 15.9 Å². The van der Waals surface area contributed by atoms with Crippen molar-refractivity contribution < 1.29 is 9.90 Å². The van der Waals surface area contributed by atoms with E-state index in [4.69, 9.17) is 5.11 Å². The number of anilines is 1. The number of aliphatic hydroxyl groups is 1. The van der Waals surface area contributed by atoms with E-state index in [9.17, 15) is 4.79 Å². The number of β-amino-alcohol motifs (C(OH)–C–C–N with tert-alkyl or cyclic N) is 1. The van der Waals surface area contributed by atoms with E-state index in [0.29, 0.717) is 31.7 Å². The summed E-state index contributed by atoms with van der Waals surface area (Å²) in [7, 11) is 0. The molecule has 0 aliphatic carbocycles. The van der Waals surface area contributed by atoms with E-state index in [-0.39, 0.29) is 12.5 Å². The van der Waals surface area contributed by atoms with Crippen LogP contribution in [-0.4, -0.2) is 70.1 Å². The molecule has 0 radical (unpaired) electrons. The average Bonchev–Trinajstić information content (AvgIpc) is 3.33. The first-order valence-corrected chi connectivity index (χ1v) is 12.3. The number of fused-ring (bicyclic) bond motifs is 1. The van der Waals surface area contributed by atoms with Crippen LogP contribution in [0.25, 0.3) is 20.7 Å². The Morgan fingerprint density at radius 2 is 1.76 bits per heavy atom. The first kappa shape index (κ1) is 22.5. The van der Waals surface area contributed by atoms with E-state index in [1.165, 1.54) is 5.56 Å². The topological polar surface area (TPSA) is 81.6 Å². The molecule has 1 saturated heterocycles. The third kappa shape index (κ3) is 4.94. The summed E-state index contributed by atoms with van der Waals surface area (Å²) < 4.78 is 1.02. The predicted octanol–water partition coefficient (Wildman–Crippen LogP) is 3.72. The minimum Gasteiger partial charge on any atom is -0.395 e. The molecule has 7 nitrogen and oxygen atoms in total. The molecule has 0 unspecified atom stereocenters. The molecule has 1 aliphatic heterocycles. The molecule has 0 bridgehead atoms. The molecule has 5 rings (SSSR count). The number of carbonyl (C=O) groups excluding carboxylic acids is 1. The fourth-order valence-electron chi connectivity index (χ4n) is 4.18. The largest absolute Gasteiger partial charge is 0.395 e. The molecule has 2 N–H and O–H groups in total. The Morgan fingerprint density at radius 1 is 1.00 bits per heavy atom. The Morgan fingerprint density at radius 3 is 2.50 bits per heavy atom. The highest BCUT2D eigenvalue weighted by atomic mass is 32.1. The lowest BCUT2D eigenvalue weighted by Crippen LogP contribution is -2.49. The highest BCUT2D eigenvalue weighted by Gasteiger charge is 2.22. The standard InChI is InChI=1S/C26H27N5O2S/c32-15-14-30-10-12-31(13-11-30)26(33)21-8-6-20(7-9-21)23-16-22-24(34-23)25(29-18-28-22)27-17-19-4-2-1-3-5-19/h1-9,16,18,32H,10-15,17H2,(H,27,28,29). The van der Waals surface area contributed by atoms with Crippen LogP contribution < -0.4 is 5.32 Å². The van der Waals surface area contributed by atoms with Gasteiger partial charge in [0, 0.05) is 49.7 Å². The molecule has 3 heterocycles. The van der Waals surface area contributed by atoms with Gasteiger partial charge in [-0.05, 0) is 29.3 Å². The molecular formula is C26H27N5O2S. The molecule has 0 saturated carbocycles. The number of nitrogens with zero attached hydrogens (tertiary/aromatic N) is 4. The van der Waals surface area contributed by atoms with E-state index in [1.807, 2.05) is 47.4 Å². The van der Waals surface area contributed by atoms with Crippen molar-refractivity contribution in [1.82, 2.24) is 19.8 Å².